The molecule has 156 valence electrons. The second-order valence-electron chi connectivity index (χ2n) is 9.66. The summed E-state index contributed by atoms with van der Waals surface area (Å²) >= 11 is 0. The van der Waals surface area contributed by atoms with Crippen LogP contribution in [-0.2, 0) is 7.05 Å². The van der Waals surface area contributed by atoms with Gasteiger partial charge in [0.05, 0.1) is 11.9 Å². The van der Waals surface area contributed by atoms with Crippen molar-refractivity contribution in [3.05, 3.63) is 23.9 Å². The van der Waals surface area contributed by atoms with Crippen LogP contribution in [0.25, 0.3) is 11.4 Å². The van der Waals surface area contributed by atoms with Gasteiger partial charge in [0.25, 0.3) is 0 Å². The van der Waals surface area contributed by atoms with Crippen molar-refractivity contribution in [2.75, 3.05) is 25.0 Å². The smallest absolute Gasteiger partial charge is 0.148 e. The van der Waals surface area contributed by atoms with Crippen molar-refractivity contribution in [2.45, 2.75) is 57.9 Å². The summed E-state index contributed by atoms with van der Waals surface area (Å²) in [5.74, 6) is 3.59. The fourth-order valence-electron chi connectivity index (χ4n) is 6.06. The normalized spacial score (nSPS) is 28.0. The zero-order valence-electron chi connectivity index (χ0n) is 17.8. The zero-order valence-corrected chi connectivity index (χ0v) is 17.8. The van der Waals surface area contributed by atoms with Crippen molar-refractivity contribution >= 4 is 5.82 Å². The number of anilines is 1. The second-order valence-corrected chi connectivity index (χ2v) is 9.66. The number of aromatic nitrogens is 4. The van der Waals surface area contributed by atoms with Gasteiger partial charge in [-0.3, -0.25) is 4.68 Å². The van der Waals surface area contributed by atoms with Crippen molar-refractivity contribution < 1.29 is 0 Å². The molecule has 2 aromatic heterocycles. The Balaban J connectivity index is 1.14. The first-order chi connectivity index (χ1) is 14.2. The highest BCUT2D eigenvalue weighted by Crippen LogP contribution is 2.40. The highest BCUT2D eigenvalue weighted by atomic mass is 15.3. The van der Waals surface area contributed by atoms with E-state index in [4.69, 9.17) is 0 Å². The molecule has 0 radical (unpaired) electrons. The van der Waals surface area contributed by atoms with E-state index in [9.17, 15) is 0 Å². The van der Waals surface area contributed by atoms with Crippen LogP contribution < -0.4 is 5.32 Å². The number of aryl methyl sites for hydroxylation is 2. The van der Waals surface area contributed by atoms with Gasteiger partial charge in [0.1, 0.15) is 11.5 Å². The summed E-state index contributed by atoms with van der Waals surface area (Å²) in [4.78, 5) is 2.77. The number of hydrogen-bond donors (Lipinski definition) is 1. The molecule has 2 atom stereocenters. The maximum absolute atomic E-state index is 4.45. The van der Waals surface area contributed by atoms with E-state index in [1.807, 2.05) is 17.9 Å². The average Bonchev–Trinajstić information content (AvgIpc) is 3.36. The summed E-state index contributed by atoms with van der Waals surface area (Å²) < 4.78 is 1.86. The van der Waals surface area contributed by atoms with E-state index < -0.39 is 0 Å². The quantitative estimate of drug-likeness (QED) is 0.834. The topological polar surface area (TPSA) is 58.9 Å². The van der Waals surface area contributed by atoms with Crippen molar-refractivity contribution in [1.82, 2.24) is 24.9 Å². The van der Waals surface area contributed by atoms with Crippen LogP contribution in [0.3, 0.4) is 0 Å². The molecule has 6 heteroatoms. The predicted molar refractivity (Wildman–Crippen MR) is 116 cm³/mol. The molecule has 2 unspecified atom stereocenters. The lowest BCUT2D eigenvalue weighted by Gasteiger charge is -2.27. The number of hydrogen-bond acceptors (Lipinski definition) is 5. The summed E-state index contributed by atoms with van der Waals surface area (Å²) in [7, 11) is 1.95. The molecule has 1 saturated heterocycles. The molecule has 0 aromatic carbocycles. The Morgan fingerprint density at radius 2 is 1.79 bits per heavy atom. The Kier molecular flexibility index (Phi) is 5.29. The molecular weight excluding hydrogens is 360 g/mol. The van der Waals surface area contributed by atoms with Crippen LogP contribution >= 0.6 is 0 Å². The highest BCUT2D eigenvalue weighted by molar-refractivity contribution is 5.59. The number of likely N-dealkylation sites (tertiary alicyclic amines) is 1. The second kappa shape index (κ2) is 8.05. The van der Waals surface area contributed by atoms with Gasteiger partial charge < -0.3 is 10.2 Å². The van der Waals surface area contributed by atoms with Gasteiger partial charge in [0.15, 0.2) is 0 Å². The van der Waals surface area contributed by atoms with Crippen molar-refractivity contribution in [1.29, 1.82) is 0 Å². The third kappa shape index (κ3) is 4.04. The molecule has 3 heterocycles. The fraction of sp³-hybridized carbons (Fsp3) is 0.696. The van der Waals surface area contributed by atoms with Gasteiger partial charge in [-0.2, -0.15) is 5.10 Å². The summed E-state index contributed by atoms with van der Waals surface area (Å²) in [6.45, 7) is 6.03. The average molecular weight is 395 g/mol. The summed E-state index contributed by atoms with van der Waals surface area (Å²) in [6.07, 6.45) is 11.7. The highest BCUT2D eigenvalue weighted by Gasteiger charge is 2.41. The van der Waals surface area contributed by atoms with Crippen LogP contribution in [0.4, 0.5) is 5.82 Å². The minimum Gasteiger partial charge on any atom is -0.366 e. The molecule has 6 nitrogen and oxygen atoms in total. The number of fused-ring (bicyclic) bond motifs is 1. The number of nitrogens with zero attached hydrogens (tertiary/aromatic N) is 5. The summed E-state index contributed by atoms with van der Waals surface area (Å²) in [5.41, 5.74) is 3.05. The maximum atomic E-state index is 4.45. The molecule has 0 amide bonds. The van der Waals surface area contributed by atoms with E-state index in [-0.39, 0.29) is 0 Å². The first-order valence-corrected chi connectivity index (χ1v) is 11.5. The van der Waals surface area contributed by atoms with E-state index in [2.05, 4.69) is 44.6 Å². The Morgan fingerprint density at radius 1 is 1.03 bits per heavy atom. The fourth-order valence-corrected chi connectivity index (χ4v) is 6.06. The molecule has 3 aliphatic rings. The van der Waals surface area contributed by atoms with Gasteiger partial charge in [0, 0.05) is 32.7 Å². The van der Waals surface area contributed by atoms with E-state index in [0.29, 0.717) is 6.04 Å². The standard InChI is InChI=1S/C23H34N6/c1-16-12-24-28(2)23(16)21-8-9-22(27-26-21)25-20-10-18-14-29(15-19(18)11-20)13-17-6-4-3-5-7-17/h8-9,12,17-20H,3-7,10-11,13-15H2,1-2H3,(H,25,27). The van der Waals surface area contributed by atoms with Crippen molar-refractivity contribution in [3.8, 4) is 11.4 Å². The summed E-state index contributed by atoms with van der Waals surface area (Å²) in [6, 6.07) is 4.67. The van der Waals surface area contributed by atoms with Gasteiger partial charge in [-0.15, -0.1) is 10.2 Å². The van der Waals surface area contributed by atoms with Crippen LogP contribution in [0, 0.1) is 24.7 Å². The molecule has 2 aliphatic carbocycles. The van der Waals surface area contributed by atoms with E-state index in [1.54, 1.807) is 0 Å². The third-order valence-corrected chi connectivity index (χ3v) is 7.45. The van der Waals surface area contributed by atoms with Gasteiger partial charge >= 0.3 is 0 Å². The zero-order chi connectivity index (χ0) is 19.8. The first kappa shape index (κ1) is 19.0. The molecule has 3 fully saturated rings. The SMILES string of the molecule is Cc1cnn(C)c1-c1ccc(NC2CC3CN(CC4CCCCC4)CC3C2)nn1. The molecule has 29 heavy (non-hydrogen) atoms. The monoisotopic (exact) mass is 394 g/mol. The van der Waals surface area contributed by atoms with Crippen LogP contribution in [0.15, 0.2) is 18.3 Å². The van der Waals surface area contributed by atoms with Crippen LogP contribution in [0.2, 0.25) is 0 Å². The van der Waals surface area contributed by atoms with Crippen molar-refractivity contribution in [3.63, 3.8) is 0 Å². The van der Waals surface area contributed by atoms with Gasteiger partial charge in [0.2, 0.25) is 0 Å². The molecule has 5 rings (SSSR count). The summed E-state index contributed by atoms with van der Waals surface area (Å²) in [5, 5.41) is 16.9. The molecule has 0 spiro atoms. The lowest BCUT2D eigenvalue weighted by atomic mass is 9.89. The molecule has 0 bridgehead atoms. The lowest BCUT2D eigenvalue weighted by molar-refractivity contribution is 0.221. The van der Waals surface area contributed by atoms with Crippen LogP contribution in [0.5, 0.6) is 0 Å². The van der Waals surface area contributed by atoms with E-state index in [1.165, 1.54) is 64.6 Å². The lowest BCUT2D eigenvalue weighted by Crippen LogP contribution is -2.30. The van der Waals surface area contributed by atoms with Gasteiger partial charge in [-0.05, 0) is 68.1 Å². The van der Waals surface area contributed by atoms with Crippen LogP contribution in [-0.4, -0.2) is 50.6 Å². The largest absolute Gasteiger partial charge is 0.366 e. The molecule has 1 aliphatic heterocycles. The Morgan fingerprint density at radius 3 is 2.41 bits per heavy atom. The Bertz CT molecular complexity index is 789. The Labute approximate surface area is 174 Å². The predicted octanol–water partition coefficient (Wildman–Crippen LogP) is 3.89. The molecule has 2 aromatic rings. The van der Waals surface area contributed by atoms with E-state index >= 15 is 0 Å². The van der Waals surface area contributed by atoms with Gasteiger partial charge in [-0.25, -0.2) is 0 Å². The number of nitrogens with one attached hydrogen (secondary N) is 1. The molecule has 2 saturated carbocycles. The minimum atomic E-state index is 0.542. The Hall–Kier alpha value is -1.95. The maximum Gasteiger partial charge on any atom is 0.148 e. The molecular formula is C23H34N6. The van der Waals surface area contributed by atoms with Crippen molar-refractivity contribution in [2.24, 2.45) is 24.8 Å². The first-order valence-electron chi connectivity index (χ1n) is 11.5. The molecule has 1 N–H and O–H groups in total. The van der Waals surface area contributed by atoms with Crippen LogP contribution in [0.1, 0.15) is 50.5 Å². The third-order valence-electron chi connectivity index (χ3n) is 7.45. The minimum absolute atomic E-state index is 0.542. The van der Waals surface area contributed by atoms with Gasteiger partial charge in [-0.1, -0.05) is 19.3 Å². The van der Waals surface area contributed by atoms with E-state index in [0.717, 1.165) is 40.5 Å². The number of rotatable bonds is 5.